The summed E-state index contributed by atoms with van der Waals surface area (Å²) in [5, 5.41) is 2.63. The van der Waals surface area contributed by atoms with E-state index in [1.807, 2.05) is 24.3 Å². The van der Waals surface area contributed by atoms with Gasteiger partial charge in [0.15, 0.2) is 5.82 Å². The number of benzene rings is 2. The third kappa shape index (κ3) is 2.53. The van der Waals surface area contributed by atoms with Crippen LogP contribution in [-0.2, 0) is 15.1 Å². The van der Waals surface area contributed by atoms with Crippen LogP contribution in [0.5, 0.6) is 0 Å². The number of likely N-dealkylation sites (N-methyl/N-ethyl adjacent to an activating group) is 1. The number of nitrogens with zero attached hydrogens (tertiary/aromatic N) is 2. The standard InChI is InChI=1S/C22H20BrF2N3O2/c1-27-18-7-3-2-6-14(18)22(21(27)30)15(11-13-5-4-8-28(13)22)20(29)26-19-16(23)9-12(24)10-17(19)25/h2-3,6-7,9-10,13,15H,4-5,8,11H2,1H3,(H,26,29)/t13-,15+,22-/m0/s1. The number of nitrogens with one attached hydrogen (secondary N) is 1. The summed E-state index contributed by atoms with van der Waals surface area (Å²) in [5.41, 5.74) is 0.401. The van der Waals surface area contributed by atoms with E-state index in [4.69, 9.17) is 0 Å². The van der Waals surface area contributed by atoms with Crippen molar-refractivity contribution in [1.82, 2.24) is 4.90 Å². The molecule has 2 aromatic rings. The fraction of sp³-hybridized carbons (Fsp3) is 0.364. The maximum Gasteiger partial charge on any atom is 0.252 e. The lowest BCUT2D eigenvalue weighted by Crippen LogP contribution is -2.55. The van der Waals surface area contributed by atoms with Crippen molar-refractivity contribution in [2.24, 2.45) is 5.92 Å². The molecule has 8 heteroatoms. The first kappa shape index (κ1) is 19.6. The molecule has 2 fully saturated rings. The van der Waals surface area contributed by atoms with Gasteiger partial charge in [0.1, 0.15) is 11.4 Å². The summed E-state index contributed by atoms with van der Waals surface area (Å²) in [5.74, 6) is -2.85. The molecule has 0 saturated carbocycles. The third-order valence-corrected chi connectivity index (χ3v) is 7.35. The number of anilines is 2. The molecule has 0 bridgehead atoms. The largest absolute Gasteiger partial charge is 0.322 e. The van der Waals surface area contributed by atoms with Crippen LogP contribution in [-0.4, -0.2) is 36.3 Å². The van der Waals surface area contributed by atoms with Crippen molar-refractivity contribution in [3.63, 3.8) is 0 Å². The Labute approximate surface area is 181 Å². The topological polar surface area (TPSA) is 52.7 Å². The van der Waals surface area contributed by atoms with Gasteiger partial charge in [-0.25, -0.2) is 8.78 Å². The maximum atomic E-state index is 14.4. The van der Waals surface area contributed by atoms with Crippen molar-refractivity contribution in [3.05, 3.63) is 58.1 Å². The first-order chi connectivity index (χ1) is 14.4. The summed E-state index contributed by atoms with van der Waals surface area (Å²) in [7, 11) is 1.73. The van der Waals surface area contributed by atoms with Gasteiger partial charge in [-0.2, -0.15) is 0 Å². The summed E-state index contributed by atoms with van der Waals surface area (Å²) in [6.45, 7) is 0.733. The highest BCUT2D eigenvalue weighted by Crippen LogP contribution is 2.56. The molecule has 3 aliphatic heterocycles. The highest BCUT2D eigenvalue weighted by atomic mass is 79.9. The molecule has 156 valence electrons. The highest BCUT2D eigenvalue weighted by Gasteiger charge is 2.66. The fourth-order valence-electron chi connectivity index (χ4n) is 5.54. The molecule has 0 aromatic heterocycles. The van der Waals surface area contributed by atoms with Crippen LogP contribution in [0.15, 0.2) is 40.9 Å². The second-order valence-corrected chi connectivity index (χ2v) is 9.01. The maximum absolute atomic E-state index is 14.4. The summed E-state index contributed by atoms with van der Waals surface area (Å²) in [4.78, 5) is 30.9. The number of carbonyl (C=O) groups is 2. The van der Waals surface area contributed by atoms with Crippen LogP contribution in [0, 0.1) is 17.6 Å². The van der Waals surface area contributed by atoms with Crippen LogP contribution in [0.3, 0.4) is 0 Å². The average Bonchev–Trinajstić information content (AvgIpc) is 3.35. The summed E-state index contributed by atoms with van der Waals surface area (Å²) < 4.78 is 28.0. The quantitative estimate of drug-likeness (QED) is 0.713. The normalized spacial score (nSPS) is 27.6. The number of halogens is 3. The van der Waals surface area contributed by atoms with Gasteiger partial charge >= 0.3 is 0 Å². The Bertz CT molecular complexity index is 1060. The van der Waals surface area contributed by atoms with Crippen LogP contribution >= 0.6 is 15.9 Å². The zero-order valence-electron chi connectivity index (χ0n) is 16.3. The minimum absolute atomic E-state index is 0.115. The second kappa shape index (κ2) is 6.85. The molecule has 2 aromatic carbocycles. The lowest BCUT2D eigenvalue weighted by atomic mass is 9.78. The van der Waals surface area contributed by atoms with Gasteiger partial charge in [-0.05, 0) is 53.9 Å². The Morgan fingerprint density at radius 2 is 2.03 bits per heavy atom. The van der Waals surface area contributed by atoms with Gasteiger partial charge in [0.2, 0.25) is 5.91 Å². The molecular weight excluding hydrogens is 456 g/mol. The highest BCUT2D eigenvalue weighted by molar-refractivity contribution is 9.10. The van der Waals surface area contributed by atoms with Crippen LogP contribution in [0.1, 0.15) is 24.8 Å². The molecule has 3 aliphatic rings. The van der Waals surface area contributed by atoms with Crippen LogP contribution in [0.25, 0.3) is 0 Å². The molecule has 30 heavy (non-hydrogen) atoms. The van der Waals surface area contributed by atoms with Crippen LogP contribution in [0.4, 0.5) is 20.2 Å². The van der Waals surface area contributed by atoms with E-state index in [0.717, 1.165) is 42.8 Å². The van der Waals surface area contributed by atoms with E-state index in [-0.39, 0.29) is 22.1 Å². The molecule has 5 nitrogen and oxygen atoms in total. The van der Waals surface area contributed by atoms with E-state index in [1.54, 1.807) is 11.9 Å². The van der Waals surface area contributed by atoms with Gasteiger partial charge in [-0.1, -0.05) is 18.2 Å². The first-order valence-electron chi connectivity index (χ1n) is 9.95. The van der Waals surface area contributed by atoms with Crippen molar-refractivity contribution in [1.29, 1.82) is 0 Å². The molecule has 0 aliphatic carbocycles. The van der Waals surface area contributed by atoms with Gasteiger partial charge in [0.25, 0.3) is 5.91 Å². The molecule has 2 amide bonds. The van der Waals surface area contributed by atoms with Gasteiger partial charge in [-0.15, -0.1) is 0 Å². The van der Waals surface area contributed by atoms with Gasteiger partial charge in [-0.3, -0.25) is 14.5 Å². The molecular formula is C22H20BrF2N3O2. The minimum atomic E-state index is -1.10. The van der Waals surface area contributed by atoms with Gasteiger partial charge < -0.3 is 10.2 Å². The Balaban J connectivity index is 1.60. The predicted octanol–water partition coefficient (Wildman–Crippen LogP) is 4.02. The van der Waals surface area contributed by atoms with Crippen molar-refractivity contribution in [3.8, 4) is 0 Å². The number of amides is 2. The monoisotopic (exact) mass is 475 g/mol. The van der Waals surface area contributed by atoms with E-state index in [0.29, 0.717) is 6.42 Å². The van der Waals surface area contributed by atoms with Gasteiger partial charge in [0, 0.05) is 34.9 Å². The average molecular weight is 476 g/mol. The van der Waals surface area contributed by atoms with E-state index in [2.05, 4.69) is 26.1 Å². The van der Waals surface area contributed by atoms with E-state index < -0.39 is 29.0 Å². The number of hydrogen-bond donors (Lipinski definition) is 1. The van der Waals surface area contributed by atoms with Crippen molar-refractivity contribution < 1.29 is 18.4 Å². The lowest BCUT2D eigenvalue weighted by Gasteiger charge is -2.37. The van der Waals surface area contributed by atoms with E-state index >= 15 is 0 Å². The molecule has 5 rings (SSSR count). The molecule has 0 radical (unpaired) electrons. The van der Waals surface area contributed by atoms with Crippen LogP contribution in [0.2, 0.25) is 0 Å². The molecule has 2 saturated heterocycles. The Hall–Kier alpha value is -2.32. The summed E-state index contributed by atoms with van der Waals surface area (Å²) >= 11 is 3.13. The summed E-state index contributed by atoms with van der Waals surface area (Å²) in [6.07, 6.45) is 2.40. The lowest BCUT2D eigenvalue weighted by molar-refractivity contribution is -0.136. The number of hydrogen-bond acceptors (Lipinski definition) is 3. The Morgan fingerprint density at radius 3 is 2.80 bits per heavy atom. The van der Waals surface area contributed by atoms with Crippen molar-refractivity contribution in [2.45, 2.75) is 30.8 Å². The van der Waals surface area contributed by atoms with E-state index in [1.165, 1.54) is 0 Å². The second-order valence-electron chi connectivity index (χ2n) is 8.16. The first-order valence-corrected chi connectivity index (χ1v) is 10.7. The zero-order chi connectivity index (χ0) is 21.2. The predicted molar refractivity (Wildman–Crippen MR) is 112 cm³/mol. The third-order valence-electron chi connectivity index (χ3n) is 6.72. The molecule has 0 unspecified atom stereocenters. The molecule has 1 spiro atoms. The molecule has 3 atom stereocenters. The fourth-order valence-corrected chi connectivity index (χ4v) is 6.05. The summed E-state index contributed by atoms with van der Waals surface area (Å²) in [6, 6.07) is 9.49. The van der Waals surface area contributed by atoms with Crippen LogP contribution < -0.4 is 10.2 Å². The van der Waals surface area contributed by atoms with E-state index in [9.17, 15) is 18.4 Å². The minimum Gasteiger partial charge on any atom is -0.322 e. The number of rotatable bonds is 2. The van der Waals surface area contributed by atoms with Gasteiger partial charge in [0.05, 0.1) is 11.6 Å². The van der Waals surface area contributed by atoms with Crippen molar-refractivity contribution >= 4 is 39.1 Å². The molecule has 3 heterocycles. The smallest absolute Gasteiger partial charge is 0.252 e. The number of para-hydroxylation sites is 1. The Kier molecular flexibility index (Phi) is 4.48. The Morgan fingerprint density at radius 1 is 1.27 bits per heavy atom. The number of carbonyl (C=O) groups excluding carboxylic acids is 2. The number of fused-ring (bicyclic) bond motifs is 4. The SMILES string of the molecule is CN1C(=O)[C@]2(c3ccccc31)[C@@H](C(=O)Nc1c(F)cc(F)cc1Br)C[C@@H]1CCCN12. The van der Waals surface area contributed by atoms with Crippen molar-refractivity contribution in [2.75, 3.05) is 23.8 Å². The molecule has 1 N–H and O–H groups in total. The zero-order valence-corrected chi connectivity index (χ0v) is 17.9.